The van der Waals surface area contributed by atoms with Crippen molar-refractivity contribution >= 4 is 24.0 Å². The van der Waals surface area contributed by atoms with Crippen LogP contribution >= 0.6 is 0 Å². The molecule has 1 aliphatic heterocycles. The molecule has 1 aliphatic rings. The number of carbonyl (C=O) groups is 3. The molecule has 0 aromatic heterocycles. The van der Waals surface area contributed by atoms with Crippen LogP contribution in [0, 0.1) is 0 Å². The van der Waals surface area contributed by atoms with E-state index in [0.29, 0.717) is 11.3 Å². The summed E-state index contributed by atoms with van der Waals surface area (Å²) >= 11 is 0. The molecule has 7 heteroatoms. The van der Waals surface area contributed by atoms with Gasteiger partial charge < -0.3 is 14.8 Å². The average molecular weight is 330 g/mol. The summed E-state index contributed by atoms with van der Waals surface area (Å²) in [5.41, 5.74) is 0.694. The first-order chi connectivity index (χ1) is 11.6. The Morgan fingerprint density at radius 2 is 2.08 bits per heavy atom. The molecular formula is C17H18N2O5. The largest absolute Gasteiger partial charge is 0.481 e. The number of urea groups is 1. The van der Waals surface area contributed by atoms with E-state index in [9.17, 15) is 14.4 Å². The maximum absolute atomic E-state index is 12.2. The van der Waals surface area contributed by atoms with Gasteiger partial charge in [-0.05, 0) is 19.1 Å². The Morgan fingerprint density at radius 3 is 2.79 bits per heavy atom. The maximum atomic E-state index is 12.2. The van der Waals surface area contributed by atoms with Gasteiger partial charge in [-0.3, -0.25) is 9.69 Å². The van der Waals surface area contributed by atoms with Crippen molar-refractivity contribution in [3.8, 4) is 5.75 Å². The van der Waals surface area contributed by atoms with Crippen LogP contribution in [0.4, 0.5) is 4.79 Å². The van der Waals surface area contributed by atoms with Crippen LogP contribution < -0.4 is 10.1 Å². The zero-order valence-electron chi connectivity index (χ0n) is 13.3. The van der Waals surface area contributed by atoms with Gasteiger partial charge in [0.05, 0.1) is 6.61 Å². The predicted molar refractivity (Wildman–Crippen MR) is 87.0 cm³/mol. The van der Waals surface area contributed by atoms with E-state index in [1.807, 2.05) is 0 Å². The number of hydrogen-bond donors (Lipinski definition) is 1. The second-order valence-corrected chi connectivity index (χ2v) is 4.82. The Balaban J connectivity index is 2.18. The summed E-state index contributed by atoms with van der Waals surface area (Å²) < 4.78 is 10.2. The molecule has 0 unspecified atom stereocenters. The lowest BCUT2D eigenvalue weighted by atomic mass is 10.1. The lowest BCUT2D eigenvalue weighted by Gasteiger charge is -2.09. The number of nitrogens with one attached hydrogen (secondary N) is 1. The van der Waals surface area contributed by atoms with E-state index in [4.69, 9.17) is 9.47 Å². The first-order valence-electron chi connectivity index (χ1n) is 7.39. The van der Waals surface area contributed by atoms with Gasteiger partial charge in [-0.2, -0.15) is 0 Å². The van der Waals surface area contributed by atoms with Crippen molar-refractivity contribution in [1.82, 2.24) is 10.2 Å². The van der Waals surface area contributed by atoms with Crippen LogP contribution in [-0.4, -0.2) is 42.6 Å². The molecular weight excluding hydrogens is 312 g/mol. The first kappa shape index (κ1) is 17.3. The maximum Gasteiger partial charge on any atom is 0.344 e. The lowest BCUT2D eigenvalue weighted by molar-refractivity contribution is -0.145. The molecule has 3 amide bonds. The topological polar surface area (TPSA) is 84.9 Å². The number of ether oxygens (including phenoxy) is 2. The molecule has 1 aromatic carbocycles. The zero-order chi connectivity index (χ0) is 17.5. The molecule has 1 aromatic rings. The molecule has 126 valence electrons. The highest BCUT2D eigenvalue weighted by Crippen LogP contribution is 2.22. The Hall–Kier alpha value is -3.09. The van der Waals surface area contributed by atoms with Crippen molar-refractivity contribution in [2.75, 3.05) is 19.8 Å². The SMILES string of the molecule is C=CCN1C(=O)N/C(=C/c2ccccc2OCC(=O)OCC)C1=O. The molecule has 0 aliphatic carbocycles. The van der Waals surface area contributed by atoms with Gasteiger partial charge in [0, 0.05) is 12.1 Å². The minimum Gasteiger partial charge on any atom is -0.481 e. The number of nitrogens with zero attached hydrogens (tertiary/aromatic N) is 1. The van der Waals surface area contributed by atoms with Crippen molar-refractivity contribution in [2.24, 2.45) is 0 Å². The van der Waals surface area contributed by atoms with Crippen LogP contribution in [0.2, 0.25) is 0 Å². The third-order valence-corrected chi connectivity index (χ3v) is 3.14. The van der Waals surface area contributed by atoms with Gasteiger partial charge in [-0.25, -0.2) is 9.59 Å². The lowest BCUT2D eigenvalue weighted by Crippen LogP contribution is -2.30. The fourth-order valence-corrected chi connectivity index (χ4v) is 2.09. The van der Waals surface area contributed by atoms with Gasteiger partial charge >= 0.3 is 12.0 Å². The first-order valence-corrected chi connectivity index (χ1v) is 7.39. The Labute approximate surface area is 139 Å². The van der Waals surface area contributed by atoms with E-state index in [1.54, 1.807) is 31.2 Å². The monoisotopic (exact) mass is 330 g/mol. The third kappa shape index (κ3) is 4.01. The van der Waals surface area contributed by atoms with E-state index in [2.05, 4.69) is 11.9 Å². The van der Waals surface area contributed by atoms with Crippen LogP contribution in [0.25, 0.3) is 6.08 Å². The van der Waals surface area contributed by atoms with E-state index >= 15 is 0 Å². The number of benzene rings is 1. The van der Waals surface area contributed by atoms with Crippen molar-refractivity contribution < 1.29 is 23.9 Å². The van der Waals surface area contributed by atoms with Crippen molar-refractivity contribution in [1.29, 1.82) is 0 Å². The highest BCUT2D eigenvalue weighted by Gasteiger charge is 2.32. The molecule has 1 N–H and O–H groups in total. The van der Waals surface area contributed by atoms with E-state index in [-0.39, 0.29) is 25.5 Å². The van der Waals surface area contributed by atoms with E-state index in [0.717, 1.165) is 4.90 Å². The molecule has 0 radical (unpaired) electrons. The average Bonchev–Trinajstić information content (AvgIpc) is 2.82. The standard InChI is InChI=1S/C17H18N2O5/c1-3-9-19-16(21)13(18-17(19)22)10-12-7-5-6-8-14(12)24-11-15(20)23-4-2/h3,5-8,10H,1,4,9,11H2,2H3,(H,18,22)/b13-10+. The normalized spacial score (nSPS) is 15.4. The van der Waals surface area contributed by atoms with Gasteiger partial charge in [0.25, 0.3) is 5.91 Å². The second-order valence-electron chi connectivity index (χ2n) is 4.82. The van der Waals surface area contributed by atoms with Gasteiger partial charge in [0.2, 0.25) is 0 Å². The van der Waals surface area contributed by atoms with Gasteiger partial charge in [0.1, 0.15) is 11.4 Å². The number of esters is 1. The zero-order valence-corrected chi connectivity index (χ0v) is 13.3. The molecule has 7 nitrogen and oxygen atoms in total. The highest BCUT2D eigenvalue weighted by molar-refractivity contribution is 6.14. The fourth-order valence-electron chi connectivity index (χ4n) is 2.09. The summed E-state index contributed by atoms with van der Waals surface area (Å²) in [6.07, 6.45) is 2.97. The summed E-state index contributed by atoms with van der Waals surface area (Å²) in [6, 6.07) is 6.36. The number of imide groups is 1. The number of para-hydroxylation sites is 1. The van der Waals surface area contributed by atoms with Crippen LogP contribution in [0.1, 0.15) is 12.5 Å². The van der Waals surface area contributed by atoms with Gasteiger partial charge in [-0.15, -0.1) is 6.58 Å². The summed E-state index contributed by atoms with van der Waals surface area (Å²) in [5, 5.41) is 2.50. The van der Waals surface area contributed by atoms with Crippen molar-refractivity contribution in [3.63, 3.8) is 0 Å². The predicted octanol–water partition coefficient (Wildman–Crippen LogP) is 1.71. The number of rotatable bonds is 7. The van der Waals surface area contributed by atoms with E-state index in [1.165, 1.54) is 12.2 Å². The molecule has 1 heterocycles. The minimum atomic E-state index is -0.504. The van der Waals surface area contributed by atoms with Crippen LogP contribution in [-0.2, 0) is 14.3 Å². The van der Waals surface area contributed by atoms with Crippen LogP contribution in [0.5, 0.6) is 5.75 Å². The quantitative estimate of drug-likeness (QED) is 0.356. The number of carbonyl (C=O) groups excluding carboxylic acids is 3. The molecule has 0 spiro atoms. The smallest absolute Gasteiger partial charge is 0.344 e. The van der Waals surface area contributed by atoms with Crippen molar-refractivity contribution in [2.45, 2.75) is 6.92 Å². The van der Waals surface area contributed by atoms with E-state index < -0.39 is 17.9 Å². The minimum absolute atomic E-state index is 0.128. The van der Waals surface area contributed by atoms with Crippen LogP contribution in [0.3, 0.4) is 0 Å². The Morgan fingerprint density at radius 1 is 1.33 bits per heavy atom. The molecule has 24 heavy (non-hydrogen) atoms. The Kier molecular flexibility index (Phi) is 5.73. The van der Waals surface area contributed by atoms with Crippen LogP contribution in [0.15, 0.2) is 42.6 Å². The molecule has 0 bridgehead atoms. The fraction of sp³-hybridized carbons (Fsp3) is 0.235. The molecule has 1 fully saturated rings. The Bertz CT molecular complexity index is 696. The van der Waals surface area contributed by atoms with Gasteiger partial charge in [0.15, 0.2) is 6.61 Å². The molecule has 1 saturated heterocycles. The van der Waals surface area contributed by atoms with Crippen molar-refractivity contribution in [3.05, 3.63) is 48.2 Å². The molecule has 0 atom stereocenters. The second kappa shape index (κ2) is 7.96. The number of hydrogen-bond acceptors (Lipinski definition) is 5. The highest BCUT2D eigenvalue weighted by atomic mass is 16.6. The van der Waals surface area contributed by atoms with Gasteiger partial charge in [-0.1, -0.05) is 24.3 Å². The summed E-state index contributed by atoms with van der Waals surface area (Å²) in [5.74, 6) is -0.523. The third-order valence-electron chi connectivity index (χ3n) is 3.14. The summed E-state index contributed by atoms with van der Waals surface area (Å²) in [4.78, 5) is 36.4. The molecule has 2 rings (SSSR count). The summed E-state index contributed by atoms with van der Waals surface area (Å²) in [7, 11) is 0. The summed E-state index contributed by atoms with van der Waals surface area (Å²) in [6.45, 7) is 5.38. The molecule has 0 saturated carbocycles. The number of amides is 3.